The van der Waals surface area contributed by atoms with Crippen LogP contribution in [0.25, 0.3) is 0 Å². The minimum Gasteiger partial charge on any atom is -0.372 e. The highest BCUT2D eigenvalue weighted by molar-refractivity contribution is 5.93. The van der Waals surface area contributed by atoms with E-state index < -0.39 is 0 Å². The first-order chi connectivity index (χ1) is 12.5. The summed E-state index contributed by atoms with van der Waals surface area (Å²) in [5.41, 5.74) is 2.58. The minimum absolute atomic E-state index is 0.170. The fraction of sp³-hybridized carbons (Fsp3) is 0.450. The van der Waals surface area contributed by atoms with E-state index in [4.69, 9.17) is 0 Å². The van der Waals surface area contributed by atoms with E-state index in [1.807, 2.05) is 12.1 Å². The molecule has 6 nitrogen and oxygen atoms in total. The molecule has 1 aliphatic heterocycles. The molecule has 0 atom stereocenters. The Hall–Kier alpha value is -2.63. The number of nitrogens with one attached hydrogen (secondary N) is 2. The van der Waals surface area contributed by atoms with Gasteiger partial charge in [0.15, 0.2) is 0 Å². The lowest BCUT2D eigenvalue weighted by molar-refractivity contribution is 0.0943. The van der Waals surface area contributed by atoms with E-state index in [9.17, 15) is 4.79 Å². The van der Waals surface area contributed by atoms with Gasteiger partial charge in [-0.15, -0.1) is 0 Å². The van der Waals surface area contributed by atoms with Gasteiger partial charge >= 0.3 is 0 Å². The summed E-state index contributed by atoms with van der Waals surface area (Å²) >= 11 is 0. The Balaban J connectivity index is 1.70. The van der Waals surface area contributed by atoms with Crippen LogP contribution in [0.15, 0.2) is 30.3 Å². The van der Waals surface area contributed by atoms with Crippen molar-refractivity contribution < 1.29 is 4.79 Å². The summed E-state index contributed by atoms with van der Waals surface area (Å²) < 4.78 is 0. The monoisotopic (exact) mass is 353 g/mol. The number of hydrogen-bond acceptors (Lipinski definition) is 5. The van der Waals surface area contributed by atoms with Crippen LogP contribution in [0.5, 0.6) is 0 Å². The average Bonchev–Trinajstić information content (AvgIpc) is 3.14. The fourth-order valence-electron chi connectivity index (χ4n) is 3.01. The molecule has 0 saturated carbocycles. The van der Waals surface area contributed by atoms with Crippen LogP contribution in [-0.2, 0) is 0 Å². The Kier molecular flexibility index (Phi) is 5.71. The lowest BCUT2D eigenvalue weighted by Crippen LogP contribution is -2.28. The first kappa shape index (κ1) is 18.2. The van der Waals surface area contributed by atoms with Crippen molar-refractivity contribution in [3.63, 3.8) is 0 Å². The van der Waals surface area contributed by atoms with E-state index in [0.717, 1.165) is 18.8 Å². The zero-order valence-electron chi connectivity index (χ0n) is 15.7. The zero-order valence-corrected chi connectivity index (χ0v) is 15.7. The molecule has 0 spiro atoms. The Morgan fingerprint density at radius 2 is 1.85 bits per heavy atom. The number of carbonyl (C=O) groups excluding carboxylic acids is 1. The molecule has 6 heteroatoms. The molecule has 0 unspecified atom stereocenters. The summed E-state index contributed by atoms with van der Waals surface area (Å²) in [6.45, 7) is 8.80. The Bertz CT molecular complexity index is 751. The molecule has 0 aliphatic carbocycles. The fourth-order valence-corrected chi connectivity index (χ4v) is 3.01. The van der Waals surface area contributed by atoms with E-state index in [-0.39, 0.29) is 5.91 Å². The standard InChI is InChI=1S/C20H27N5O/c1-14(2)13-21-20(26)18-12-19(23-15(3)22-18)24-16-6-8-17(9-7-16)25-10-4-5-11-25/h6-9,12,14H,4-5,10-11,13H2,1-3H3,(H,21,26)(H,22,23,24). The van der Waals surface area contributed by atoms with Gasteiger partial charge in [0.05, 0.1) is 0 Å². The van der Waals surface area contributed by atoms with Crippen molar-refractivity contribution in [2.24, 2.45) is 5.92 Å². The number of anilines is 3. The lowest BCUT2D eigenvalue weighted by Gasteiger charge is -2.18. The second-order valence-electron chi connectivity index (χ2n) is 7.16. The van der Waals surface area contributed by atoms with Gasteiger partial charge in [-0.05, 0) is 49.9 Å². The highest BCUT2D eigenvalue weighted by Crippen LogP contribution is 2.23. The van der Waals surface area contributed by atoms with Crippen LogP contribution in [0.3, 0.4) is 0 Å². The van der Waals surface area contributed by atoms with Crippen LogP contribution in [0.1, 0.15) is 43.0 Å². The van der Waals surface area contributed by atoms with Crippen molar-refractivity contribution in [2.75, 3.05) is 29.9 Å². The Morgan fingerprint density at radius 3 is 2.50 bits per heavy atom. The maximum Gasteiger partial charge on any atom is 0.270 e. The van der Waals surface area contributed by atoms with E-state index >= 15 is 0 Å². The van der Waals surface area contributed by atoms with Crippen molar-refractivity contribution in [1.29, 1.82) is 0 Å². The van der Waals surface area contributed by atoms with Crippen molar-refractivity contribution in [1.82, 2.24) is 15.3 Å². The molecule has 0 bridgehead atoms. The predicted molar refractivity (Wildman–Crippen MR) is 105 cm³/mol. The number of hydrogen-bond donors (Lipinski definition) is 2. The van der Waals surface area contributed by atoms with Gasteiger partial charge in [0.25, 0.3) is 5.91 Å². The summed E-state index contributed by atoms with van der Waals surface area (Å²) in [5.74, 6) is 1.42. The second-order valence-corrected chi connectivity index (χ2v) is 7.16. The van der Waals surface area contributed by atoms with Gasteiger partial charge in [-0.1, -0.05) is 13.8 Å². The van der Waals surface area contributed by atoms with E-state index in [0.29, 0.717) is 29.8 Å². The summed E-state index contributed by atoms with van der Waals surface area (Å²) in [4.78, 5) is 23.3. The summed E-state index contributed by atoms with van der Waals surface area (Å²) in [6, 6.07) is 10.0. The SMILES string of the molecule is Cc1nc(Nc2ccc(N3CCCC3)cc2)cc(C(=O)NCC(C)C)n1. The van der Waals surface area contributed by atoms with Crippen LogP contribution < -0.4 is 15.5 Å². The van der Waals surface area contributed by atoms with Crippen LogP contribution >= 0.6 is 0 Å². The first-order valence-corrected chi connectivity index (χ1v) is 9.27. The number of rotatable bonds is 6. The summed E-state index contributed by atoms with van der Waals surface area (Å²) in [5, 5.41) is 6.17. The predicted octanol–water partition coefficient (Wildman–Crippen LogP) is 3.51. The third kappa shape index (κ3) is 4.71. The maximum atomic E-state index is 12.3. The van der Waals surface area contributed by atoms with Gasteiger partial charge in [-0.3, -0.25) is 4.79 Å². The second kappa shape index (κ2) is 8.17. The van der Waals surface area contributed by atoms with Crippen molar-refractivity contribution in [3.8, 4) is 0 Å². The van der Waals surface area contributed by atoms with E-state index in [2.05, 4.69) is 51.5 Å². The number of carbonyl (C=O) groups is 1. The molecular formula is C20H27N5O. The Labute approximate surface area is 155 Å². The normalized spacial score (nSPS) is 13.9. The van der Waals surface area contributed by atoms with Gasteiger partial charge in [-0.25, -0.2) is 9.97 Å². The molecular weight excluding hydrogens is 326 g/mol. The number of benzene rings is 1. The molecule has 26 heavy (non-hydrogen) atoms. The maximum absolute atomic E-state index is 12.3. The average molecular weight is 353 g/mol. The smallest absolute Gasteiger partial charge is 0.270 e. The van der Waals surface area contributed by atoms with Crippen LogP contribution in [0, 0.1) is 12.8 Å². The van der Waals surface area contributed by atoms with Crippen molar-refractivity contribution in [2.45, 2.75) is 33.6 Å². The number of aryl methyl sites for hydroxylation is 1. The topological polar surface area (TPSA) is 70.2 Å². The lowest BCUT2D eigenvalue weighted by atomic mass is 10.2. The quantitative estimate of drug-likeness (QED) is 0.831. The Morgan fingerprint density at radius 1 is 1.15 bits per heavy atom. The van der Waals surface area contributed by atoms with E-state index in [1.165, 1.54) is 18.5 Å². The summed E-state index contributed by atoms with van der Waals surface area (Å²) in [6.07, 6.45) is 2.53. The minimum atomic E-state index is -0.170. The van der Waals surface area contributed by atoms with Gasteiger partial charge in [0, 0.05) is 37.1 Å². The molecule has 1 fully saturated rings. The van der Waals surface area contributed by atoms with Crippen LogP contribution in [0.4, 0.5) is 17.2 Å². The third-order valence-corrected chi connectivity index (χ3v) is 4.35. The highest BCUT2D eigenvalue weighted by atomic mass is 16.1. The highest BCUT2D eigenvalue weighted by Gasteiger charge is 2.13. The molecule has 1 amide bonds. The number of nitrogens with zero attached hydrogens (tertiary/aromatic N) is 3. The third-order valence-electron chi connectivity index (χ3n) is 4.35. The van der Waals surface area contributed by atoms with Gasteiger partial charge in [0.1, 0.15) is 17.3 Å². The van der Waals surface area contributed by atoms with Crippen molar-refractivity contribution >= 4 is 23.1 Å². The molecule has 2 N–H and O–H groups in total. The molecule has 2 heterocycles. The molecule has 1 aliphatic rings. The van der Waals surface area contributed by atoms with E-state index in [1.54, 1.807) is 13.0 Å². The van der Waals surface area contributed by atoms with Gasteiger partial charge in [-0.2, -0.15) is 0 Å². The summed E-state index contributed by atoms with van der Waals surface area (Å²) in [7, 11) is 0. The molecule has 3 rings (SSSR count). The molecule has 2 aromatic rings. The zero-order chi connectivity index (χ0) is 18.5. The molecule has 0 radical (unpaired) electrons. The van der Waals surface area contributed by atoms with Crippen LogP contribution in [0.2, 0.25) is 0 Å². The molecule has 1 saturated heterocycles. The molecule has 138 valence electrons. The molecule has 1 aromatic heterocycles. The number of aromatic nitrogens is 2. The first-order valence-electron chi connectivity index (χ1n) is 9.27. The van der Waals surface area contributed by atoms with Crippen LogP contribution in [-0.4, -0.2) is 35.5 Å². The van der Waals surface area contributed by atoms with Gasteiger partial charge in [0.2, 0.25) is 0 Å². The largest absolute Gasteiger partial charge is 0.372 e. The molecule has 1 aromatic carbocycles. The number of amides is 1. The van der Waals surface area contributed by atoms with Crippen molar-refractivity contribution in [3.05, 3.63) is 41.9 Å². The van der Waals surface area contributed by atoms with Gasteiger partial charge < -0.3 is 15.5 Å².